The van der Waals surface area contributed by atoms with Crippen LogP contribution in [0.1, 0.15) is 46.5 Å². The number of carbonyl (C=O) groups is 2. The van der Waals surface area contributed by atoms with Crippen molar-refractivity contribution in [1.82, 2.24) is 9.80 Å². The largest absolute Gasteiger partial charge is 0.480 e. The van der Waals surface area contributed by atoms with Crippen LogP contribution in [0, 0.1) is 0 Å². The first-order valence-electron chi connectivity index (χ1n) is 7.48. The van der Waals surface area contributed by atoms with Gasteiger partial charge in [0.15, 0.2) is 0 Å². The van der Waals surface area contributed by atoms with E-state index in [1.807, 2.05) is 13.8 Å². The fourth-order valence-corrected chi connectivity index (χ4v) is 3.99. The van der Waals surface area contributed by atoms with Crippen molar-refractivity contribution >= 4 is 23.8 Å². The molecule has 1 rings (SSSR count). The Balaban J connectivity index is 2.88. The first kappa shape index (κ1) is 17.1. The van der Waals surface area contributed by atoms with Gasteiger partial charge >= 0.3 is 12.0 Å². The molecule has 1 N–H and O–H groups in total. The number of urea groups is 1. The zero-order chi connectivity index (χ0) is 15.1. The van der Waals surface area contributed by atoms with Crippen LogP contribution in [-0.4, -0.2) is 57.2 Å². The van der Waals surface area contributed by atoms with Gasteiger partial charge in [0.25, 0.3) is 0 Å². The molecule has 1 saturated heterocycles. The Bertz CT molecular complexity index is 332. The number of nitrogens with zero attached hydrogens (tertiary/aromatic N) is 2. The predicted octanol–water partition coefficient (Wildman–Crippen LogP) is 2.86. The second-order valence-corrected chi connectivity index (χ2v) is 6.32. The second-order valence-electron chi connectivity index (χ2n) is 5.11. The molecule has 1 aliphatic rings. The van der Waals surface area contributed by atoms with Crippen molar-refractivity contribution in [3.63, 3.8) is 0 Å². The van der Waals surface area contributed by atoms with Crippen molar-refractivity contribution in [2.24, 2.45) is 0 Å². The van der Waals surface area contributed by atoms with Crippen LogP contribution in [-0.2, 0) is 4.79 Å². The topological polar surface area (TPSA) is 60.9 Å². The lowest BCUT2D eigenvalue weighted by molar-refractivity contribution is -0.141. The van der Waals surface area contributed by atoms with Gasteiger partial charge in [-0.3, -0.25) is 4.90 Å². The molecule has 5 nitrogen and oxygen atoms in total. The highest BCUT2D eigenvalue weighted by molar-refractivity contribution is 8.00. The minimum absolute atomic E-state index is 0.00446. The summed E-state index contributed by atoms with van der Waals surface area (Å²) in [5.74, 6) is -0.393. The van der Waals surface area contributed by atoms with Crippen LogP contribution < -0.4 is 0 Å². The van der Waals surface area contributed by atoms with Crippen molar-refractivity contribution in [2.75, 3.05) is 18.8 Å². The monoisotopic (exact) mass is 302 g/mol. The zero-order valence-corrected chi connectivity index (χ0v) is 13.5. The molecule has 1 heterocycles. The second kappa shape index (κ2) is 8.39. The smallest absolute Gasteiger partial charge is 0.327 e. The SMILES string of the molecule is CCCC1SCC(C(=O)O)N1C(=O)N(CCC)CCC. The summed E-state index contributed by atoms with van der Waals surface area (Å²) in [5, 5.41) is 9.34. The molecule has 0 aromatic rings. The van der Waals surface area contributed by atoms with E-state index in [2.05, 4.69) is 6.92 Å². The lowest BCUT2D eigenvalue weighted by Gasteiger charge is -2.33. The van der Waals surface area contributed by atoms with Gasteiger partial charge in [0.05, 0.1) is 5.37 Å². The van der Waals surface area contributed by atoms with Crippen LogP contribution in [0.4, 0.5) is 4.79 Å². The van der Waals surface area contributed by atoms with Gasteiger partial charge in [-0.2, -0.15) is 0 Å². The molecule has 1 aliphatic heterocycles. The summed E-state index contributed by atoms with van der Waals surface area (Å²) in [7, 11) is 0. The molecule has 0 aromatic heterocycles. The highest BCUT2D eigenvalue weighted by Gasteiger charge is 2.42. The molecule has 116 valence electrons. The maximum absolute atomic E-state index is 12.7. The Morgan fingerprint density at radius 3 is 2.25 bits per heavy atom. The summed E-state index contributed by atoms with van der Waals surface area (Å²) < 4.78 is 0. The van der Waals surface area contributed by atoms with Gasteiger partial charge in [-0.25, -0.2) is 9.59 Å². The third-order valence-electron chi connectivity index (χ3n) is 3.39. The Morgan fingerprint density at radius 1 is 1.20 bits per heavy atom. The number of rotatable bonds is 7. The van der Waals surface area contributed by atoms with Gasteiger partial charge in [-0.15, -0.1) is 11.8 Å². The molecule has 6 heteroatoms. The Hall–Kier alpha value is -0.910. The molecular formula is C14H26N2O3S. The molecule has 2 atom stereocenters. The lowest BCUT2D eigenvalue weighted by atomic mass is 10.2. The van der Waals surface area contributed by atoms with Crippen molar-refractivity contribution < 1.29 is 14.7 Å². The van der Waals surface area contributed by atoms with E-state index in [1.165, 1.54) is 0 Å². The molecule has 20 heavy (non-hydrogen) atoms. The van der Waals surface area contributed by atoms with Gasteiger partial charge in [0.1, 0.15) is 6.04 Å². The number of hydrogen-bond donors (Lipinski definition) is 1. The van der Waals surface area contributed by atoms with Crippen molar-refractivity contribution in [1.29, 1.82) is 0 Å². The van der Waals surface area contributed by atoms with Crippen LogP contribution in [0.3, 0.4) is 0 Å². The fraction of sp³-hybridized carbons (Fsp3) is 0.857. The molecular weight excluding hydrogens is 276 g/mol. The Labute approximate surface area is 125 Å². The third kappa shape index (κ3) is 4.04. The van der Waals surface area contributed by atoms with Crippen molar-refractivity contribution in [3.05, 3.63) is 0 Å². The van der Waals surface area contributed by atoms with E-state index in [9.17, 15) is 14.7 Å². The average Bonchev–Trinajstić information content (AvgIpc) is 2.82. The summed E-state index contributed by atoms with van der Waals surface area (Å²) in [4.78, 5) is 27.5. The molecule has 2 amide bonds. The van der Waals surface area contributed by atoms with Crippen LogP contribution in [0.25, 0.3) is 0 Å². The Morgan fingerprint density at radius 2 is 1.80 bits per heavy atom. The van der Waals surface area contributed by atoms with E-state index in [1.54, 1.807) is 21.6 Å². The lowest BCUT2D eigenvalue weighted by Crippen LogP contribution is -2.52. The van der Waals surface area contributed by atoms with Gasteiger partial charge in [0.2, 0.25) is 0 Å². The molecule has 1 fully saturated rings. The highest BCUT2D eigenvalue weighted by atomic mass is 32.2. The van der Waals surface area contributed by atoms with Crippen LogP contribution in [0.2, 0.25) is 0 Å². The molecule has 0 bridgehead atoms. The Kier molecular flexibility index (Phi) is 7.19. The molecule has 0 aromatic carbocycles. The van der Waals surface area contributed by atoms with Crippen molar-refractivity contribution in [2.45, 2.75) is 57.9 Å². The van der Waals surface area contributed by atoms with Gasteiger partial charge in [-0.1, -0.05) is 27.2 Å². The van der Waals surface area contributed by atoms with Crippen molar-refractivity contribution in [3.8, 4) is 0 Å². The average molecular weight is 302 g/mol. The minimum atomic E-state index is -0.891. The zero-order valence-electron chi connectivity index (χ0n) is 12.7. The van der Waals surface area contributed by atoms with E-state index in [4.69, 9.17) is 0 Å². The molecule has 0 spiro atoms. The summed E-state index contributed by atoms with van der Waals surface area (Å²) in [6, 6.07) is -0.787. The maximum atomic E-state index is 12.7. The molecule has 2 unspecified atom stereocenters. The van der Waals surface area contributed by atoms with Crippen LogP contribution >= 0.6 is 11.8 Å². The minimum Gasteiger partial charge on any atom is -0.480 e. The highest BCUT2D eigenvalue weighted by Crippen LogP contribution is 2.33. The standard InChI is InChI=1S/C14H26N2O3S/c1-4-7-12-16(11(10-20-12)13(17)18)14(19)15(8-5-2)9-6-3/h11-12H,4-10H2,1-3H3,(H,17,18). The number of carboxylic acid groups (broad SMARTS) is 1. The normalized spacial score (nSPS) is 22.1. The van der Waals surface area contributed by atoms with Crippen LogP contribution in [0.5, 0.6) is 0 Å². The van der Waals surface area contributed by atoms with E-state index < -0.39 is 12.0 Å². The summed E-state index contributed by atoms with van der Waals surface area (Å²) >= 11 is 1.59. The summed E-state index contributed by atoms with van der Waals surface area (Å²) in [6.45, 7) is 7.52. The maximum Gasteiger partial charge on any atom is 0.327 e. The van der Waals surface area contributed by atoms with Crippen LogP contribution in [0.15, 0.2) is 0 Å². The van der Waals surface area contributed by atoms with E-state index >= 15 is 0 Å². The van der Waals surface area contributed by atoms with Gasteiger partial charge in [-0.05, 0) is 19.3 Å². The number of thioether (sulfide) groups is 1. The van der Waals surface area contributed by atoms with E-state index in [0.29, 0.717) is 18.8 Å². The number of aliphatic carboxylic acids is 1. The first-order valence-corrected chi connectivity index (χ1v) is 8.53. The molecule has 0 radical (unpaired) electrons. The summed E-state index contributed by atoms with van der Waals surface area (Å²) in [5.41, 5.74) is 0. The number of carboxylic acids is 1. The molecule has 0 saturated carbocycles. The number of amides is 2. The number of hydrogen-bond acceptors (Lipinski definition) is 3. The predicted molar refractivity (Wildman–Crippen MR) is 82.0 cm³/mol. The first-order chi connectivity index (χ1) is 9.56. The van der Waals surface area contributed by atoms with E-state index in [-0.39, 0.29) is 11.4 Å². The van der Waals surface area contributed by atoms with E-state index in [0.717, 1.165) is 25.7 Å². The fourth-order valence-electron chi connectivity index (χ4n) is 2.49. The quantitative estimate of drug-likeness (QED) is 0.785. The van der Waals surface area contributed by atoms with Gasteiger partial charge < -0.3 is 10.0 Å². The third-order valence-corrected chi connectivity index (χ3v) is 4.75. The molecule has 0 aliphatic carbocycles. The summed E-state index contributed by atoms with van der Waals surface area (Å²) in [6.07, 6.45) is 3.59. The number of carbonyl (C=O) groups excluding carboxylic acids is 1. The van der Waals surface area contributed by atoms with Gasteiger partial charge in [0, 0.05) is 18.8 Å².